The lowest BCUT2D eigenvalue weighted by molar-refractivity contribution is 0.373. The van der Waals surface area contributed by atoms with E-state index in [2.05, 4.69) is 13.3 Å². The van der Waals surface area contributed by atoms with E-state index in [1.54, 1.807) is 13.2 Å². The van der Waals surface area contributed by atoms with Crippen LogP contribution in [0.5, 0.6) is 11.5 Å². The second-order valence-corrected chi connectivity index (χ2v) is 3.64. The molecular formula is C13H19O2. The van der Waals surface area contributed by atoms with Gasteiger partial charge in [0.05, 0.1) is 7.11 Å². The van der Waals surface area contributed by atoms with Gasteiger partial charge in [-0.15, -0.1) is 0 Å². The molecular weight excluding hydrogens is 188 g/mol. The van der Waals surface area contributed by atoms with Crippen molar-refractivity contribution in [3.8, 4) is 11.5 Å². The molecule has 0 aliphatic carbocycles. The van der Waals surface area contributed by atoms with E-state index >= 15 is 0 Å². The van der Waals surface area contributed by atoms with E-state index in [1.165, 1.54) is 18.4 Å². The maximum Gasteiger partial charge on any atom is 0.160 e. The summed E-state index contributed by atoms with van der Waals surface area (Å²) in [5.41, 5.74) is 1.18. The molecule has 0 spiro atoms. The van der Waals surface area contributed by atoms with Crippen molar-refractivity contribution in [2.75, 3.05) is 7.11 Å². The molecule has 1 radical (unpaired) electrons. The number of phenolic OH excluding ortho intramolecular Hbond substituents is 1. The molecule has 0 unspecified atom stereocenters. The van der Waals surface area contributed by atoms with Gasteiger partial charge in [-0.25, -0.2) is 0 Å². The normalized spacial score (nSPS) is 10.3. The summed E-state index contributed by atoms with van der Waals surface area (Å²) in [6.07, 6.45) is 6.84. The molecule has 1 N–H and O–H groups in total. The summed E-state index contributed by atoms with van der Waals surface area (Å²) in [5.74, 6) is 0.756. The van der Waals surface area contributed by atoms with Crippen LogP contribution in [0.1, 0.15) is 31.7 Å². The Morgan fingerprint density at radius 3 is 2.87 bits per heavy atom. The summed E-state index contributed by atoms with van der Waals surface area (Å²) in [5, 5.41) is 9.41. The van der Waals surface area contributed by atoms with E-state index in [1.807, 2.05) is 12.1 Å². The van der Waals surface area contributed by atoms with Gasteiger partial charge in [-0.1, -0.05) is 25.8 Å². The lowest BCUT2D eigenvalue weighted by Crippen LogP contribution is -1.89. The average Bonchev–Trinajstić information content (AvgIpc) is 2.26. The molecule has 0 aliphatic heterocycles. The first kappa shape index (κ1) is 11.9. The lowest BCUT2D eigenvalue weighted by Gasteiger charge is -2.06. The van der Waals surface area contributed by atoms with Crippen molar-refractivity contribution >= 4 is 0 Å². The average molecular weight is 207 g/mol. The molecule has 1 rings (SSSR count). The number of unbranched alkanes of at least 4 members (excludes halogenated alkanes) is 3. The summed E-state index contributed by atoms with van der Waals surface area (Å²) in [6, 6.07) is 5.50. The van der Waals surface area contributed by atoms with Gasteiger partial charge in [0.15, 0.2) is 11.5 Å². The van der Waals surface area contributed by atoms with E-state index in [-0.39, 0.29) is 5.75 Å². The van der Waals surface area contributed by atoms with Gasteiger partial charge in [0.25, 0.3) is 0 Å². The summed E-state index contributed by atoms with van der Waals surface area (Å²) in [4.78, 5) is 0. The summed E-state index contributed by atoms with van der Waals surface area (Å²) < 4.78 is 5.05. The second kappa shape index (κ2) is 6.33. The first-order valence-corrected chi connectivity index (χ1v) is 5.45. The Balaban J connectivity index is 2.47. The Kier molecular flexibility index (Phi) is 5.02. The third-order valence-corrected chi connectivity index (χ3v) is 2.39. The van der Waals surface area contributed by atoms with Gasteiger partial charge < -0.3 is 9.84 Å². The van der Waals surface area contributed by atoms with Crippen LogP contribution < -0.4 is 4.74 Å². The van der Waals surface area contributed by atoms with Crippen LogP contribution in [0.15, 0.2) is 18.2 Å². The van der Waals surface area contributed by atoms with E-state index in [9.17, 15) is 5.11 Å². The Hall–Kier alpha value is -1.18. The molecule has 2 heteroatoms. The van der Waals surface area contributed by atoms with Gasteiger partial charge in [0.1, 0.15) is 0 Å². The van der Waals surface area contributed by atoms with Gasteiger partial charge in [0.2, 0.25) is 0 Å². The number of hydrogen-bond donors (Lipinski definition) is 1. The molecule has 0 atom stereocenters. The number of benzene rings is 1. The molecule has 0 amide bonds. The molecule has 15 heavy (non-hydrogen) atoms. The van der Waals surface area contributed by atoms with Crippen molar-refractivity contribution in [3.05, 3.63) is 30.2 Å². The van der Waals surface area contributed by atoms with Crippen LogP contribution in [0, 0.1) is 6.42 Å². The Morgan fingerprint density at radius 1 is 1.40 bits per heavy atom. The molecule has 0 saturated carbocycles. The van der Waals surface area contributed by atoms with E-state index < -0.39 is 0 Å². The SMILES string of the molecule is CCCC[CH]Cc1ccc(O)c(OC)c1. The van der Waals surface area contributed by atoms with Crippen LogP contribution in [-0.2, 0) is 6.42 Å². The Morgan fingerprint density at radius 2 is 2.20 bits per heavy atom. The lowest BCUT2D eigenvalue weighted by atomic mass is 10.1. The zero-order valence-electron chi connectivity index (χ0n) is 9.49. The third kappa shape index (κ3) is 3.82. The van der Waals surface area contributed by atoms with Gasteiger partial charge in [-0.05, 0) is 37.0 Å². The van der Waals surface area contributed by atoms with Gasteiger partial charge >= 0.3 is 0 Å². The molecule has 0 heterocycles. The highest BCUT2D eigenvalue weighted by atomic mass is 16.5. The Labute approximate surface area is 91.9 Å². The summed E-state index contributed by atoms with van der Waals surface area (Å²) >= 11 is 0. The van der Waals surface area contributed by atoms with E-state index in [4.69, 9.17) is 4.74 Å². The smallest absolute Gasteiger partial charge is 0.160 e. The number of hydrogen-bond acceptors (Lipinski definition) is 2. The maximum atomic E-state index is 9.41. The fraction of sp³-hybridized carbons (Fsp3) is 0.462. The minimum Gasteiger partial charge on any atom is -0.504 e. The van der Waals surface area contributed by atoms with Crippen LogP contribution in [0.25, 0.3) is 0 Å². The summed E-state index contributed by atoms with van der Waals surface area (Å²) in [6.45, 7) is 2.19. The maximum absolute atomic E-state index is 9.41. The van der Waals surface area contributed by atoms with E-state index in [0.29, 0.717) is 5.75 Å². The second-order valence-electron chi connectivity index (χ2n) is 3.64. The quantitative estimate of drug-likeness (QED) is 0.725. The minimum absolute atomic E-state index is 0.204. The Bertz CT molecular complexity index is 295. The third-order valence-electron chi connectivity index (χ3n) is 2.39. The molecule has 1 aromatic rings. The molecule has 0 fully saturated rings. The predicted octanol–water partition coefficient (Wildman–Crippen LogP) is 3.34. The van der Waals surface area contributed by atoms with Crippen molar-refractivity contribution in [3.63, 3.8) is 0 Å². The van der Waals surface area contributed by atoms with Crippen LogP contribution in [-0.4, -0.2) is 12.2 Å². The monoisotopic (exact) mass is 207 g/mol. The van der Waals surface area contributed by atoms with Gasteiger partial charge in [-0.2, -0.15) is 0 Å². The largest absolute Gasteiger partial charge is 0.504 e. The molecule has 1 aromatic carbocycles. The van der Waals surface area contributed by atoms with Crippen molar-refractivity contribution < 1.29 is 9.84 Å². The highest BCUT2D eigenvalue weighted by Gasteiger charge is 2.02. The minimum atomic E-state index is 0.204. The van der Waals surface area contributed by atoms with Crippen molar-refractivity contribution in [2.24, 2.45) is 0 Å². The number of aromatic hydroxyl groups is 1. The number of phenols is 1. The first-order chi connectivity index (χ1) is 7.27. The highest BCUT2D eigenvalue weighted by molar-refractivity contribution is 5.42. The molecule has 2 nitrogen and oxygen atoms in total. The van der Waals surface area contributed by atoms with Crippen LogP contribution in [0.2, 0.25) is 0 Å². The van der Waals surface area contributed by atoms with Gasteiger partial charge in [0, 0.05) is 0 Å². The fourth-order valence-electron chi connectivity index (χ4n) is 1.47. The molecule has 83 valence electrons. The topological polar surface area (TPSA) is 29.5 Å². The fourth-order valence-corrected chi connectivity index (χ4v) is 1.47. The van der Waals surface area contributed by atoms with Crippen molar-refractivity contribution in [2.45, 2.75) is 32.6 Å². The molecule has 0 saturated heterocycles. The number of ether oxygens (including phenoxy) is 1. The number of rotatable bonds is 6. The first-order valence-electron chi connectivity index (χ1n) is 5.45. The van der Waals surface area contributed by atoms with Crippen molar-refractivity contribution in [1.82, 2.24) is 0 Å². The standard InChI is InChI=1S/C13H19O2/c1-3-4-5-6-7-11-8-9-12(14)13(10-11)15-2/h6,8-10,14H,3-5,7H2,1-2H3. The molecule has 0 aromatic heterocycles. The van der Waals surface area contributed by atoms with Crippen LogP contribution in [0.4, 0.5) is 0 Å². The van der Waals surface area contributed by atoms with Crippen LogP contribution in [0.3, 0.4) is 0 Å². The van der Waals surface area contributed by atoms with Gasteiger partial charge in [-0.3, -0.25) is 0 Å². The van der Waals surface area contributed by atoms with E-state index in [0.717, 1.165) is 12.8 Å². The zero-order valence-corrected chi connectivity index (χ0v) is 9.49. The predicted molar refractivity (Wildman–Crippen MR) is 62.2 cm³/mol. The molecule has 0 bridgehead atoms. The zero-order chi connectivity index (χ0) is 11.1. The molecule has 0 aliphatic rings. The van der Waals surface area contributed by atoms with Crippen LogP contribution >= 0.6 is 0 Å². The number of methoxy groups -OCH3 is 1. The highest BCUT2D eigenvalue weighted by Crippen LogP contribution is 2.26. The summed E-state index contributed by atoms with van der Waals surface area (Å²) in [7, 11) is 1.57. The van der Waals surface area contributed by atoms with Crippen molar-refractivity contribution in [1.29, 1.82) is 0 Å².